The molecule has 2 fully saturated rings. The fourth-order valence-electron chi connectivity index (χ4n) is 4.00. The molecule has 0 bridgehead atoms. The fourth-order valence-corrected chi connectivity index (χ4v) is 4.00. The molecule has 2 rings (SSSR count). The molecule has 0 radical (unpaired) electrons. The minimum Gasteiger partial charge on any atom is -0.309 e. The first-order valence-corrected chi connectivity index (χ1v) is 8.17. The summed E-state index contributed by atoms with van der Waals surface area (Å²) >= 11 is 0. The first-order valence-electron chi connectivity index (χ1n) is 8.17. The van der Waals surface area contributed by atoms with Crippen LogP contribution in [0, 0.1) is 16.7 Å². The molecule has 2 heteroatoms. The lowest BCUT2D eigenvalue weighted by atomic mass is 9.92. The first kappa shape index (κ1) is 15.3. The van der Waals surface area contributed by atoms with Gasteiger partial charge in [-0.05, 0) is 36.5 Å². The van der Waals surface area contributed by atoms with Gasteiger partial charge in [0.15, 0.2) is 0 Å². The SMILES string of the molecule is CCC1CNC(C)(CC)CN1CC1C(C)(C)C1(C)C. The van der Waals surface area contributed by atoms with Crippen LogP contribution in [0.5, 0.6) is 0 Å². The van der Waals surface area contributed by atoms with Crippen molar-refractivity contribution in [3.8, 4) is 0 Å². The van der Waals surface area contributed by atoms with E-state index in [0.29, 0.717) is 16.4 Å². The summed E-state index contributed by atoms with van der Waals surface area (Å²) in [7, 11) is 0. The minimum atomic E-state index is 0.314. The summed E-state index contributed by atoms with van der Waals surface area (Å²) in [4.78, 5) is 2.78. The van der Waals surface area contributed by atoms with E-state index in [1.165, 1.54) is 25.9 Å². The summed E-state index contributed by atoms with van der Waals surface area (Å²) in [5.74, 6) is 0.855. The van der Waals surface area contributed by atoms with Crippen molar-refractivity contribution in [1.29, 1.82) is 0 Å². The van der Waals surface area contributed by atoms with Gasteiger partial charge in [-0.25, -0.2) is 0 Å². The number of hydrogen-bond donors (Lipinski definition) is 1. The van der Waals surface area contributed by atoms with Crippen molar-refractivity contribution in [2.24, 2.45) is 16.7 Å². The van der Waals surface area contributed by atoms with Crippen molar-refractivity contribution in [3.05, 3.63) is 0 Å². The summed E-state index contributed by atoms with van der Waals surface area (Å²) < 4.78 is 0. The van der Waals surface area contributed by atoms with E-state index < -0.39 is 0 Å². The van der Waals surface area contributed by atoms with Crippen molar-refractivity contribution in [1.82, 2.24) is 10.2 Å². The van der Waals surface area contributed by atoms with E-state index in [9.17, 15) is 0 Å². The lowest BCUT2D eigenvalue weighted by molar-refractivity contribution is 0.0728. The number of piperazine rings is 1. The highest BCUT2D eigenvalue weighted by Crippen LogP contribution is 2.68. The van der Waals surface area contributed by atoms with Gasteiger partial charge in [0.05, 0.1) is 0 Å². The van der Waals surface area contributed by atoms with Crippen molar-refractivity contribution in [2.75, 3.05) is 19.6 Å². The summed E-state index contributed by atoms with van der Waals surface area (Å²) in [6, 6.07) is 0.729. The number of nitrogens with zero attached hydrogens (tertiary/aromatic N) is 1. The van der Waals surface area contributed by atoms with E-state index in [4.69, 9.17) is 0 Å². The first-order chi connectivity index (χ1) is 8.68. The van der Waals surface area contributed by atoms with Crippen LogP contribution in [-0.4, -0.2) is 36.1 Å². The molecular weight excluding hydrogens is 232 g/mol. The lowest BCUT2D eigenvalue weighted by Gasteiger charge is -2.46. The zero-order valence-corrected chi connectivity index (χ0v) is 14.1. The van der Waals surface area contributed by atoms with Gasteiger partial charge < -0.3 is 5.32 Å². The molecule has 1 N–H and O–H groups in total. The van der Waals surface area contributed by atoms with E-state index in [1.807, 2.05) is 0 Å². The molecule has 0 aromatic carbocycles. The van der Waals surface area contributed by atoms with Crippen LogP contribution in [0.4, 0.5) is 0 Å². The molecule has 0 aromatic rings. The Morgan fingerprint density at radius 1 is 1.05 bits per heavy atom. The topological polar surface area (TPSA) is 15.3 Å². The molecule has 2 aliphatic rings. The Kier molecular flexibility index (Phi) is 3.81. The maximum Gasteiger partial charge on any atom is 0.0278 e. The minimum absolute atomic E-state index is 0.314. The highest BCUT2D eigenvalue weighted by molar-refractivity contribution is 5.13. The predicted octanol–water partition coefficient (Wildman–Crippen LogP) is 3.52. The highest BCUT2D eigenvalue weighted by atomic mass is 15.3. The number of hydrogen-bond acceptors (Lipinski definition) is 2. The maximum absolute atomic E-state index is 3.77. The van der Waals surface area contributed by atoms with E-state index in [-0.39, 0.29) is 0 Å². The monoisotopic (exact) mass is 266 g/mol. The van der Waals surface area contributed by atoms with Crippen molar-refractivity contribution in [3.63, 3.8) is 0 Å². The second-order valence-electron chi connectivity index (χ2n) is 8.28. The van der Waals surface area contributed by atoms with E-state index >= 15 is 0 Å². The van der Waals surface area contributed by atoms with Crippen molar-refractivity contribution in [2.45, 2.75) is 72.9 Å². The molecule has 0 aromatic heterocycles. The van der Waals surface area contributed by atoms with Crippen LogP contribution in [0.1, 0.15) is 61.3 Å². The number of nitrogens with one attached hydrogen (secondary N) is 1. The van der Waals surface area contributed by atoms with Crippen LogP contribution in [0.15, 0.2) is 0 Å². The van der Waals surface area contributed by atoms with Gasteiger partial charge in [-0.1, -0.05) is 41.5 Å². The summed E-state index contributed by atoms with van der Waals surface area (Å²) in [6.07, 6.45) is 2.48. The van der Waals surface area contributed by atoms with E-state index in [1.54, 1.807) is 0 Å². The van der Waals surface area contributed by atoms with Gasteiger partial charge in [0.2, 0.25) is 0 Å². The zero-order chi connectivity index (χ0) is 14.5. The van der Waals surface area contributed by atoms with Gasteiger partial charge in [0, 0.05) is 31.2 Å². The molecule has 1 aliphatic heterocycles. The van der Waals surface area contributed by atoms with Crippen molar-refractivity contribution >= 4 is 0 Å². The average Bonchev–Trinajstić information content (AvgIpc) is 2.72. The van der Waals surface area contributed by atoms with Crippen molar-refractivity contribution < 1.29 is 0 Å². The second-order valence-corrected chi connectivity index (χ2v) is 8.28. The third-order valence-corrected chi connectivity index (χ3v) is 6.82. The summed E-state index contributed by atoms with van der Waals surface area (Å²) in [5.41, 5.74) is 1.34. The fraction of sp³-hybridized carbons (Fsp3) is 1.00. The van der Waals surface area contributed by atoms with E-state index in [2.05, 4.69) is 58.7 Å². The van der Waals surface area contributed by atoms with Crippen LogP contribution in [0.25, 0.3) is 0 Å². The molecule has 1 saturated carbocycles. The largest absolute Gasteiger partial charge is 0.309 e. The highest BCUT2D eigenvalue weighted by Gasteiger charge is 2.64. The molecule has 2 atom stereocenters. The van der Waals surface area contributed by atoms with Gasteiger partial charge in [0.1, 0.15) is 0 Å². The van der Waals surface area contributed by atoms with Gasteiger partial charge in [0.25, 0.3) is 0 Å². The summed E-state index contributed by atoms with van der Waals surface area (Å²) in [6.45, 7) is 20.5. The van der Waals surface area contributed by atoms with Gasteiger partial charge in [-0.3, -0.25) is 4.90 Å². The Balaban J connectivity index is 2.05. The molecule has 1 saturated heterocycles. The zero-order valence-electron chi connectivity index (χ0n) is 14.1. The quantitative estimate of drug-likeness (QED) is 0.837. The van der Waals surface area contributed by atoms with E-state index in [0.717, 1.165) is 18.5 Å². The Morgan fingerprint density at radius 2 is 1.63 bits per heavy atom. The Labute approximate surface area is 120 Å². The lowest BCUT2D eigenvalue weighted by Crippen LogP contribution is -2.62. The van der Waals surface area contributed by atoms with Crippen LogP contribution in [-0.2, 0) is 0 Å². The average molecular weight is 266 g/mol. The Morgan fingerprint density at radius 3 is 2.05 bits per heavy atom. The second kappa shape index (κ2) is 4.73. The molecular formula is C17H34N2. The standard InChI is InChI=1S/C17H34N2/c1-8-13-10-18-17(7,9-2)12-19(13)11-14-15(3,4)16(14,5)6/h13-14,18H,8-12H2,1-7H3. The molecule has 1 heterocycles. The third-order valence-electron chi connectivity index (χ3n) is 6.82. The molecule has 1 aliphatic carbocycles. The molecule has 2 unspecified atom stereocenters. The van der Waals surface area contributed by atoms with Crippen LogP contribution < -0.4 is 5.32 Å². The Hall–Kier alpha value is -0.0800. The smallest absolute Gasteiger partial charge is 0.0278 e. The van der Waals surface area contributed by atoms with Gasteiger partial charge >= 0.3 is 0 Å². The maximum atomic E-state index is 3.77. The normalized spacial score (nSPS) is 38.4. The molecule has 112 valence electrons. The molecule has 2 nitrogen and oxygen atoms in total. The third kappa shape index (κ3) is 2.47. The van der Waals surface area contributed by atoms with Crippen LogP contribution >= 0.6 is 0 Å². The Bertz CT molecular complexity index is 320. The van der Waals surface area contributed by atoms with Crippen LogP contribution in [0.3, 0.4) is 0 Å². The summed E-state index contributed by atoms with van der Waals surface area (Å²) in [5, 5.41) is 3.77. The van der Waals surface area contributed by atoms with Crippen LogP contribution in [0.2, 0.25) is 0 Å². The molecule has 0 amide bonds. The molecule has 0 spiro atoms. The van der Waals surface area contributed by atoms with Gasteiger partial charge in [-0.2, -0.15) is 0 Å². The predicted molar refractivity (Wildman–Crippen MR) is 83.4 cm³/mol. The number of rotatable bonds is 4. The molecule has 19 heavy (non-hydrogen) atoms. The van der Waals surface area contributed by atoms with Gasteiger partial charge in [-0.15, -0.1) is 0 Å².